The first kappa shape index (κ1) is 16.9. The quantitative estimate of drug-likeness (QED) is 0.367. The lowest BCUT2D eigenvalue weighted by atomic mass is 9.77. The van der Waals surface area contributed by atoms with Crippen LogP contribution in [0.5, 0.6) is 23.0 Å². The van der Waals surface area contributed by atoms with Gasteiger partial charge < -0.3 is 30.5 Å². The van der Waals surface area contributed by atoms with Crippen LogP contribution >= 0.6 is 0 Å². The van der Waals surface area contributed by atoms with Crippen LogP contribution < -0.4 is 10.5 Å². The Balaban J connectivity index is 1.90. The van der Waals surface area contributed by atoms with Crippen molar-refractivity contribution in [3.05, 3.63) is 76.3 Å². The average Bonchev–Trinajstić information content (AvgIpc) is 2.95. The number of rotatable bonds is 1. The van der Waals surface area contributed by atoms with E-state index in [1.54, 1.807) is 12.1 Å². The van der Waals surface area contributed by atoms with Crippen LogP contribution in [0.2, 0.25) is 0 Å². The number of esters is 1. The van der Waals surface area contributed by atoms with E-state index < -0.39 is 17.5 Å². The molecular formula is C21H13NO7. The van der Waals surface area contributed by atoms with Crippen molar-refractivity contribution < 1.29 is 34.4 Å². The third-order valence-corrected chi connectivity index (χ3v) is 5.21. The molecule has 5 N–H and O–H groups in total. The number of nitrogen functional groups attached to an aromatic ring is 1. The van der Waals surface area contributed by atoms with Gasteiger partial charge in [-0.1, -0.05) is 6.07 Å². The molecule has 0 aromatic heterocycles. The molecule has 3 aromatic carbocycles. The number of phenolic OH excluding ortho intramolecular Hbond substituents is 2. The Morgan fingerprint density at radius 1 is 0.897 bits per heavy atom. The highest BCUT2D eigenvalue weighted by molar-refractivity contribution is 6.07. The molecule has 0 bridgehead atoms. The van der Waals surface area contributed by atoms with Crippen LogP contribution in [0.15, 0.2) is 48.5 Å². The summed E-state index contributed by atoms with van der Waals surface area (Å²) in [6.45, 7) is 0. The fraction of sp³-hybridized carbons (Fsp3) is 0.0476. The molecule has 29 heavy (non-hydrogen) atoms. The maximum atomic E-state index is 12.9. The fourth-order valence-corrected chi connectivity index (χ4v) is 4.00. The highest BCUT2D eigenvalue weighted by Crippen LogP contribution is 2.57. The molecule has 2 aliphatic rings. The monoisotopic (exact) mass is 391 g/mol. The van der Waals surface area contributed by atoms with Crippen molar-refractivity contribution >= 4 is 17.6 Å². The van der Waals surface area contributed by atoms with Crippen LogP contribution in [0, 0.1) is 0 Å². The lowest BCUT2D eigenvalue weighted by molar-refractivity contribution is 0.0224. The molecule has 0 amide bonds. The molecule has 0 saturated heterocycles. The second-order valence-corrected chi connectivity index (χ2v) is 6.79. The Hall–Kier alpha value is -4.20. The molecule has 0 saturated carbocycles. The third-order valence-electron chi connectivity index (χ3n) is 5.21. The van der Waals surface area contributed by atoms with Gasteiger partial charge in [0.15, 0.2) is 5.60 Å². The summed E-state index contributed by atoms with van der Waals surface area (Å²) in [6, 6.07) is 11.5. The zero-order valence-electron chi connectivity index (χ0n) is 14.7. The van der Waals surface area contributed by atoms with Crippen molar-refractivity contribution in [2.75, 3.05) is 5.73 Å². The van der Waals surface area contributed by atoms with Crippen LogP contribution in [0.1, 0.15) is 37.4 Å². The number of nitrogens with two attached hydrogens (primary N) is 1. The van der Waals surface area contributed by atoms with E-state index >= 15 is 0 Å². The molecule has 2 heterocycles. The van der Waals surface area contributed by atoms with Crippen molar-refractivity contribution in [2.45, 2.75) is 5.60 Å². The molecule has 0 atom stereocenters. The number of phenols is 2. The number of aromatic hydroxyl groups is 2. The normalized spacial score (nSPS) is 15.1. The number of hydrogen-bond donors (Lipinski definition) is 4. The maximum Gasteiger partial charge on any atom is 0.342 e. The largest absolute Gasteiger partial charge is 0.508 e. The molecule has 144 valence electrons. The number of benzene rings is 3. The minimum absolute atomic E-state index is 0.0372. The van der Waals surface area contributed by atoms with Crippen LogP contribution in [0.25, 0.3) is 0 Å². The summed E-state index contributed by atoms with van der Waals surface area (Å²) in [7, 11) is 0. The van der Waals surface area contributed by atoms with Gasteiger partial charge in [-0.2, -0.15) is 0 Å². The van der Waals surface area contributed by atoms with E-state index in [0.717, 1.165) is 0 Å². The van der Waals surface area contributed by atoms with E-state index in [4.69, 9.17) is 15.2 Å². The van der Waals surface area contributed by atoms with Crippen LogP contribution in [0.3, 0.4) is 0 Å². The molecule has 0 fully saturated rings. The highest BCUT2D eigenvalue weighted by Gasteiger charge is 2.54. The number of fused-ring (bicyclic) bond motifs is 6. The Bertz CT molecular complexity index is 1200. The van der Waals surface area contributed by atoms with E-state index in [2.05, 4.69) is 0 Å². The van der Waals surface area contributed by atoms with Crippen molar-refractivity contribution in [1.82, 2.24) is 0 Å². The van der Waals surface area contributed by atoms with E-state index in [0.29, 0.717) is 16.7 Å². The minimum Gasteiger partial charge on any atom is -0.508 e. The smallest absolute Gasteiger partial charge is 0.342 e. The van der Waals surface area contributed by atoms with Gasteiger partial charge in [0, 0.05) is 28.8 Å². The fourth-order valence-electron chi connectivity index (χ4n) is 4.00. The second kappa shape index (κ2) is 5.41. The van der Waals surface area contributed by atoms with E-state index in [-0.39, 0.29) is 39.8 Å². The number of hydrogen-bond acceptors (Lipinski definition) is 7. The number of carbonyl (C=O) groups excluding carboxylic acids is 1. The Morgan fingerprint density at radius 2 is 1.45 bits per heavy atom. The predicted octanol–water partition coefficient (Wildman–Crippen LogP) is 2.95. The van der Waals surface area contributed by atoms with Crippen molar-refractivity contribution in [3.8, 4) is 23.0 Å². The summed E-state index contributed by atoms with van der Waals surface area (Å²) in [4.78, 5) is 24.3. The third kappa shape index (κ3) is 2.08. The first-order valence-corrected chi connectivity index (χ1v) is 8.57. The van der Waals surface area contributed by atoms with Gasteiger partial charge in [-0.15, -0.1) is 0 Å². The lowest BCUT2D eigenvalue weighted by Crippen LogP contribution is -2.33. The van der Waals surface area contributed by atoms with E-state index in [1.807, 2.05) is 0 Å². The van der Waals surface area contributed by atoms with Gasteiger partial charge in [-0.25, -0.2) is 9.59 Å². The number of carbonyl (C=O) groups is 2. The molecular weight excluding hydrogens is 378 g/mol. The molecule has 8 nitrogen and oxygen atoms in total. The summed E-state index contributed by atoms with van der Waals surface area (Å²) in [5.41, 5.74) is 5.33. The van der Waals surface area contributed by atoms with Crippen LogP contribution in [-0.4, -0.2) is 27.3 Å². The number of aromatic carboxylic acids is 1. The summed E-state index contributed by atoms with van der Waals surface area (Å²) < 4.78 is 11.7. The van der Waals surface area contributed by atoms with Crippen LogP contribution in [0.4, 0.5) is 5.69 Å². The lowest BCUT2D eigenvalue weighted by Gasteiger charge is -2.36. The standard InChI is InChI=1S/C21H13NO7/c22-18-11(19(25)26)3-6-14-17(18)20(27)29-21(14)12-4-1-9(23)7-15(12)28-16-8-10(24)2-5-13(16)21/h1-8,23-24H,22H2,(H,25,26). The van der Waals surface area contributed by atoms with Gasteiger partial charge >= 0.3 is 11.9 Å². The zero-order valence-corrected chi connectivity index (χ0v) is 14.7. The van der Waals surface area contributed by atoms with E-state index in [9.17, 15) is 24.9 Å². The van der Waals surface area contributed by atoms with Gasteiger partial charge in [-0.3, -0.25) is 0 Å². The number of anilines is 1. The highest BCUT2D eigenvalue weighted by atomic mass is 16.6. The molecule has 2 aliphatic heterocycles. The van der Waals surface area contributed by atoms with Gasteiger partial charge in [0.05, 0.1) is 16.8 Å². The van der Waals surface area contributed by atoms with Crippen molar-refractivity contribution in [1.29, 1.82) is 0 Å². The SMILES string of the molecule is Nc1c(C(=O)O)ccc2c1C(=O)OC21c2ccc(O)cc2Oc2cc(O)ccc21. The second-order valence-electron chi connectivity index (χ2n) is 6.79. The number of carboxylic acids is 1. The summed E-state index contributed by atoms with van der Waals surface area (Å²) >= 11 is 0. The van der Waals surface area contributed by atoms with E-state index in [1.165, 1.54) is 36.4 Å². The molecule has 5 rings (SSSR count). The van der Waals surface area contributed by atoms with Crippen molar-refractivity contribution in [3.63, 3.8) is 0 Å². The van der Waals surface area contributed by atoms with Crippen LogP contribution in [-0.2, 0) is 10.3 Å². The summed E-state index contributed by atoms with van der Waals surface area (Å²) in [5, 5.41) is 29.1. The molecule has 8 heteroatoms. The number of ether oxygens (including phenoxy) is 2. The molecule has 0 aliphatic carbocycles. The van der Waals surface area contributed by atoms with Gasteiger partial charge in [0.1, 0.15) is 23.0 Å². The Labute approximate surface area is 163 Å². The predicted molar refractivity (Wildman–Crippen MR) is 99.4 cm³/mol. The van der Waals surface area contributed by atoms with Gasteiger partial charge in [-0.05, 0) is 30.3 Å². The molecule has 1 spiro atoms. The molecule has 3 aromatic rings. The van der Waals surface area contributed by atoms with Gasteiger partial charge in [0.2, 0.25) is 0 Å². The average molecular weight is 391 g/mol. The van der Waals surface area contributed by atoms with Crippen molar-refractivity contribution in [2.24, 2.45) is 0 Å². The number of carboxylic acid groups (broad SMARTS) is 1. The van der Waals surface area contributed by atoms with Gasteiger partial charge in [0.25, 0.3) is 0 Å². The summed E-state index contributed by atoms with van der Waals surface area (Å²) in [6.07, 6.45) is 0. The zero-order chi connectivity index (χ0) is 20.5. The first-order chi connectivity index (χ1) is 13.8. The molecule has 0 unspecified atom stereocenters. The Kier molecular flexibility index (Phi) is 3.16. The molecule has 0 radical (unpaired) electrons. The summed E-state index contributed by atoms with van der Waals surface area (Å²) in [5.74, 6) is -1.71. The first-order valence-electron chi connectivity index (χ1n) is 8.57. The maximum absolute atomic E-state index is 12.9. The topological polar surface area (TPSA) is 139 Å². The Morgan fingerprint density at radius 3 is 2.00 bits per heavy atom. The minimum atomic E-state index is -1.47.